The second-order valence-electron chi connectivity index (χ2n) is 7.39. The van der Waals surface area contributed by atoms with E-state index in [1.165, 1.54) is 11.1 Å². The molecule has 0 bridgehead atoms. The van der Waals surface area contributed by atoms with Gasteiger partial charge in [-0.2, -0.15) is 0 Å². The fourth-order valence-corrected chi connectivity index (χ4v) is 3.29. The fourth-order valence-electron chi connectivity index (χ4n) is 3.29. The second-order valence-corrected chi connectivity index (χ2v) is 7.39. The third kappa shape index (κ3) is 6.19. The van der Waals surface area contributed by atoms with E-state index in [9.17, 15) is 0 Å². The molecule has 2 aliphatic rings. The predicted molar refractivity (Wildman–Crippen MR) is 107 cm³/mol. The largest absolute Gasteiger partial charge is 0.381 e. The van der Waals surface area contributed by atoms with Crippen LogP contribution in [0.25, 0.3) is 0 Å². The average molecular weight is 376 g/mol. The monoisotopic (exact) mass is 375 g/mol. The number of rotatable bonds is 7. The minimum Gasteiger partial charge on any atom is -0.381 e. The summed E-state index contributed by atoms with van der Waals surface area (Å²) in [7, 11) is 0. The van der Waals surface area contributed by atoms with Crippen molar-refractivity contribution in [3.63, 3.8) is 0 Å². The molecule has 1 spiro atoms. The summed E-state index contributed by atoms with van der Waals surface area (Å²) in [6.45, 7) is 8.59. The Kier molecular flexibility index (Phi) is 7.50. The lowest BCUT2D eigenvalue weighted by molar-refractivity contribution is -0.210. The van der Waals surface area contributed by atoms with Crippen LogP contribution in [-0.2, 0) is 20.8 Å². The zero-order chi connectivity index (χ0) is 19.0. The molecular weight excluding hydrogens is 342 g/mol. The first-order valence-corrected chi connectivity index (χ1v) is 10.2. The highest BCUT2D eigenvalue weighted by Crippen LogP contribution is 2.32. The molecule has 3 rings (SSSR count). The molecule has 0 saturated carbocycles. The second kappa shape index (κ2) is 10.1. The van der Waals surface area contributed by atoms with E-state index < -0.39 is 5.79 Å². The number of aliphatic imine (C=N–C) groups is 1. The third-order valence-corrected chi connectivity index (χ3v) is 5.03. The maximum absolute atomic E-state index is 6.19. The quantitative estimate of drug-likeness (QED) is 0.436. The number of hydrogen-bond acceptors (Lipinski definition) is 4. The van der Waals surface area contributed by atoms with Gasteiger partial charge in [-0.05, 0) is 18.9 Å². The molecule has 1 aromatic rings. The van der Waals surface area contributed by atoms with Crippen LogP contribution in [0, 0.1) is 6.92 Å². The summed E-state index contributed by atoms with van der Waals surface area (Å²) in [6, 6.07) is 8.51. The van der Waals surface area contributed by atoms with Gasteiger partial charge in [-0.1, -0.05) is 43.2 Å². The molecule has 2 aliphatic heterocycles. The van der Waals surface area contributed by atoms with Crippen LogP contribution in [0.15, 0.2) is 29.3 Å². The minimum absolute atomic E-state index is 0.0423. The van der Waals surface area contributed by atoms with Crippen LogP contribution in [0.3, 0.4) is 0 Å². The van der Waals surface area contributed by atoms with Crippen molar-refractivity contribution in [1.82, 2.24) is 10.6 Å². The van der Waals surface area contributed by atoms with Gasteiger partial charge >= 0.3 is 0 Å². The maximum atomic E-state index is 6.19. The number of nitrogens with one attached hydrogen (secondary N) is 2. The smallest absolute Gasteiger partial charge is 0.191 e. The van der Waals surface area contributed by atoms with Gasteiger partial charge in [-0.3, -0.25) is 0 Å². The molecule has 2 N–H and O–H groups in total. The van der Waals surface area contributed by atoms with Crippen molar-refractivity contribution in [2.45, 2.75) is 58.0 Å². The summed E-state index contributed by atoms with van der Waals surface area (Å²) in [5.74, 6) is 0.403. The van der Waals surface area contributed by atoms with Gasteiger partial charge < -0.3 is 24.8 Å². The number of hydrogen-bond donors (Lipinski definition) is 2. The molecule has 27 heavy (non-hydrogen) atoms. The van der Waals surface area contributed by atoms with Crippen molar-refractivity contribution < 1.29 is 14.2 Å². The Labute approximate surface area is 162 Å². The molecule has 2 fully saturated rings. The summed E-state index contributed by atoms with van der Waals surface area (Å²) in [5, 5.41) is 6.85. The number of benzene rings is 1. The fraction of sp³-hybridized carbons (Fsp3) is 0.667. The number of ether oxygens (including phenoxy) is 3. The average Bonchev–Trinajstić information content (AvgIpc) is 3.07. The van der Waals surface area contributed by atoms with Gasteiger partial charge in [0.25, 0.3) is 0 Å². The van der Waals surface area contributed by atoms with Gasteiger partial charge in [0.15, 0.2) is 11.7 Å². The molecule has 1 atom stereocenters. The molecule has 6 heteroatoms. The molecule has 2 heterocycles. The normalized spacial score (nSPS) is 22.1. The molecule has 0 radical (unpaired) electrons. The molecule has 2 saturated heterocycles. The number of guanidine groups is 1. The van der Waals surface area contributed by atoms with E-state index in [2.05, 4.69) is 48.7 Å². The molecule has 0 aliphatic carbocycles. The molecular formula is C21H33N3O3. The van der Waals surface area contributed by atoms with Crippen LogP contribution >= 0.6 is 0 Å². The topological polar surface area (TPSA) is 64.1 Å². The summed E-state index contributed by atoms with van der Waals surface area (Å²) >= 11 is 0. The van der Waals surface area contributed by atoms with Crippen LogP contribution in [0.2, 0.25) is 0 Å². The Balaban J connectivity index is 1.51. The van der Waals surface area contributed by atoms with E-state index in [0.29, 0.717) is 32.9 Å². The number of aryl methyl sites for hydroxylation is 1. The van der Waals surface area contributed by atoms with E-state index in [1.807, 2.05) is 0 Å². The zero-order valence-electron chi connectivity index (χ0n) is 16.6. The number of unbranched alkanes of at least 4 members (excludes halogenated alkanes) is 1. The van der Waals surface area contributed by atoms with Crippen molar-refractivity contribution in [2.75, 3.05) is 32.9 Å². The lowest BCUT2D eigenvalue weighted by Gasteiger charge is -2.31. The molecule has 1 aromatic carbocycles. The summed E-state index contributed by atoms with van der Waals surface area (Å²) in [4.78, 5) is 4.74. The Morgan fingerprint density at radius 2 is 1.96 bits per heavy atom. The first-order valence-electron chi connectivity index (χ1n) is 10.2. The first-order chi connectivity index (χ1) is 13.2. The molecule has 150 valence electrons. The maximum Gasteiger partial charge on any atom is 0.191 e. The van der Waals surface area contributed by atoms with E-state index in [0.717, 1.165) is 38.2 Å². The van der Waals surface area contributed by atoms with Crippen LogP contribution in [0.1, 0.15) is 43.7 Å². The van der Waals surface area contributed by atoms with Gasteiger partial charge in [0, 0.05) is 25.9 Å². The summed E-state index contributed by atoms with van der Waals surface area (Å²) in [5.41, 5.74) is 2.47. The Morgan fingerprint density at radius 1 is 1.19 bits per heavy atom. The predicted octanol–water partition coefficient (Wildman–Crippen LogP) is 2.75. The highest BCUT2D eigenvalue weighted by Gasteiger charge is 2.42. The molecule has 0 amide bonds. The zero-order valence-corrected chi connectivity index (χ0v) is 16.6. The van der Waals surface area contributed by atoms with Gasteiger partial charge in [0.1, 0.15) is 6.10 Å². The van der Waals surface area contributed by atoms with Crippen molar-refractivity contribution in [1.29, 1.82) is 0 Å². The summed E-state index contributed by atoms with van der Waals surface area (Å²) < 4.78 is 17.6. The first kappa shape index (κ1) is 20.1. The van der Waals surface area contributed by atoms with Gasteiger partial charge in [-0.15, -0.1) is 0 Å². The Morgan fingerprint density at radius 3 is 2.70 bits per heavy atom. The van der Waals surface area contributed by atoms with Crippen LogP contribution in [0.4, 0.5) is 0 Å². The number of nitrogens with zero attached hydrogens (tertiary/aromatic N) is 1. The van der Waals surface area contributed by atoms with E-state index in [4.69, 9.17) is 19.2 Å². The van der Waals surface area contributed by atoms with Crippen LogP contribution in [0.5, 0.6) is 0 Å². The lowest BCUT2D eigenvalue weighted by atomic mass is 10.1. The van der Waals surface area contributed by atoms with E-state index in [1.54, 1.807) is 0 Å². The SMILES string of the molecule is CCCCNC(=NCc1ccc(C)cc1)NCC1COC2(CCOCC2)O1. The molecule has 6 nitrogen and oxygen atoms in total. The summed E-state index contributed by atoms with van der Waals surface area (Å²) in [6.07, 6.45) is 3.94. The Hall–Kier alpha value is -1.63. The molecule has 1 unspecified atom stereocenters. The highest BCUT2D eigenvalue weighted by atomic mass is 16.7. The highest BCUT2D eigenvalue weighted by molar-refractivity contribution is 5.79. The third-order valence-electron chi connectivity index (χ3n) is 5.03. The van der Waals surface area contributed by atoms with E-state index in [-0.39, 0.29) is 6.10 Å². The Bertz CT molecular complexity index is 597. The standard InChI is InChI=1S/C21H33N3O3/c1-3-4-11-22-20(23-14-18-7-5-17(2)6-8-18)24-15-19-16-26-21(27-19)9-12-25-13-10-21/h5-8,19H,3-4,9-16H2,1-2H3,(H2,22,23,24). The van der Waals surface area contributed by atoms with Gasteiger partial charge in [-0.25, -0.2) is 4.99 Å². The van der Waals surface area contributed by atoms with Crippen LogP contribution < -0.4 is 10.6 Å². The minimum atomic E-state index is -0.431. The lowest BCUT2D eigenvalue weighted by Crippen LogP contribution is -2.43. The van der Waals surface area contributed by atoms with Crippen molar-refractivity contribution in [3.8, 4) is 0 Å². The van der Waals surface area contributed by atoms with Crippen molar-refractivity contribution in [3.05, 3.63) is 35.4 Å². The van der Waals surface area contributed by atoms with E-state index >= 15 is 0 Å². The molecule has 0 aromatic heterocycles. The van der Waals surface area contributed by atoms with Crippen molar-refractivity contribution >= 4 is 5.96 Å². The van der Waals surface area contributed by atoms with Crippen molar-refractivity contribution in [2.24, 2.45) is 4.99 Å². The van der Waals surface area contributed by atoms with Gasteiger partial charge in [0.05, 0.1) is 26.4 Å². The van der Waals surface area contributed by atoms with Gasteiger partial charge in [0.2, 0.25) is 0 Å². The van der Waals surface area contributed by atoms with Crippen LogP contribution in [-0.4, -0.2) is 50.8 Å².